The molecule has 4 fully saturated rings. The Morgan fingerprint density at radius 3 is 2.75 bits per heavy atom. The van der Waals surface area contributed by atoms with Crippen molar-refractivity contribution in [1.29, 1.82) is 0 Å². The molecule has 4 aliphatic heterocycles. The fourth-order valence-corrected chi connectivity index (χ4v) is 5.48. The van der Waals surface area contributed by atoms with Crippen LogP contribution in [-0.2, 0) is 22.7 Å². The molecule has 3 N–H and O–H groups in total. The lowest BCUT2D eigenvalue weighted by Crippen LogP contribution is -2.58. The highest BCUT2D eigenvalue weighted by Crippen LogP contribution is 2.36. The zero-order valence-electron chi connectivity index (χ0n) is 15.9. The van der Waals surface area contributed by atoms with E-state index in [1.165, 1.54) is 12.8 Å². The molecule has 7 nitrogen and oxygen atoms in total. The van der Waals surface area contributed by atoms with Gasteiger partial charge in [-0.2, -0.15) is 0 Å². The van der Waals surface area contributed by atoms with Crippen LogP contribution in [0.25, 0.3) is 0 Å². The van der Waals surface area contributed by atoms with Gasteiger partial charge in [0.05, 0.1) is 0 Å². The molecule has 4 atom stereocenters. The van der Waals surface area contributed by atoms with Crippen molar-refractivity contribution in [2.24, 2.45) is 11.7 Å². The maximum absolute atomic E-state index is 13.0. The second-order valence-electron chi connectivity index (χ2n) is 8.73. The number of hydrogen-bond acceptors (Lipinski definition) is 5. The standard InChI is InChI=1S/C21H26N4O3/c22-16-8-13-2-4-17(16)24(10-13)9-12-1-3-14-11-25(21(28)15(14)7-12)18-5-6-19(26)23-20(18)27/h1,3,7,13,16-18H,2,4-6,8-11,22H2,(H,23,26,27). The van der Waals surface area contributed by atoms with Crippen LogP contribution in [0.5, 0.6) is 0 Å². The summed E-state index contributed by atoms with van der Waals surface area (Å²) in [5, 5.41) is 2.35. The van der Waals surface area contributed by atoms with Crippen LogP contribution in [0.1, 0.15) is 53.6 Å². The molecule has 6 rings (SSSR count). The minimum Gasteiger partial charge on any atom is -0.326 e. The van der Waals surface area contributed by atoms with Gasteiger partial charge in [0.25, 0.3) is 5.91 Å². The summed E-state index contributed by atoms with van der Waals surface area (Å²) < 4.78 is 0. The van der Waals surface area contributed by atoms with E-state index in [4.69, 9.17) is 5.73 Å². The third-order valence-electron chi connectivity index (χ3n) is 6.91. The summed E-state index contributed by atoms with van der Waals surface area (Å²) in [6, 6.07) is 6.22. The van der Waals surface area contributed by atoms with E-state index in [1.54, 1.807) is 4.90 Å². The number of imide groups is 1. The predicted octanol–water partition coefficient (Wildman–Crippen LogP) is 0.759. The van der Waals surface area contributed by atoms with Crippen LogP contribution >= 0.6 is 0 Å². The van der Waals surface area contributed by atoms with Crippen molar-refractivity contribution >= 4 is 17.7 Å². The molecule has 0 spiro atoms. The fourth-order valence-electron chi connectivity index (χ4n) is 5.48. The molecule has 1 saturated carbocycles. The lowest BCUT2D eigenvalue weighted by atomic mass is 9.77. The molecule has 4 heterocycles. The van der Waals surface area contributed by atoms with E-state index in [1.807, 2.05) is 12.1 Å². The highest BCUT2D eigenvalue weighted by Gasteiger charge is 2.40. The van der Waals surface area contributed by atoms with Gasteiger partial charge in [0.15, 0.2) is 0 Å². The van der Waals surface area contributed by atoms with E-state index in [9.17, 15) is 14.4 Å². The van der Waals surface area contributed by atoms with Gasteiger partial charge in [-0.25, -0.2) is 0 Å². The molecule has 5 aliphatic rings. The van der Waals surface area contributed by atoms with E-state index in [0.717, 1.165) is 30.6 Å². The predicted molar refractivity (Wildman–Crippen MR) is 102 cm³/mol. The summed E-state index contributed by atoms with van der Waals surface area (Å²) in [4.78, 5) is 40.6. The van der Waals surface area contributed by atoms with Crippen LogP contribution in [0.2, 0.25) is 0 Å². The summed E-state index contributed by atoms with van der Waals surface area (Å²) in [6.45, 7) is 2.33. The fraction of sp³-hybridized carbons (Fsp3) is 0.571. The molecule has 1 aromatic rings. The van der Waals surface area contributed by atoms with Crippen molar-refractivity contribution in [3.8, 4) is 0 Å². The molecular formula is C21H26N4O3. The topological polar surface area (TPSA) is 95.7 Å². The number of fused-ring (bicyclic) bond motifs is 4. The van der Waals surface area contributed by atoms with E-state index in [2.05, 4.69) is 16.3 Å². The molecular weight excluding hydrogens is 356 g/mol. The van der Waals surface area contributed by atoms with Crippen LogP contribution in [0.3, 0.4) is 0 Å². The first-order valence-electron chi connectivity index (χ1n) is 10.3. The van der Waals surface area contributed by atoms with E-state index >= 15 is 0 Å². The molecule has 148 valence electrons. The van der Waals surface area contributed by atoms with Gasteiger partial charge in [0.1, 0.15) is 6.04 Å². The highest BCUT2D eigenvalue weighted by atomic mass is 16.2. The molecule has 7 heteroatoms. The normalized spacial score (nSPS) is 32.6. The number of piperidine rings is 3. The van der Waals surface area contributed by atoms with Crippen molar-refractivity contribution in [1.82, 2.24) is 15.1 Å². The third-order valence-corrected chi connectivity index (χ3v) is 6.91. The van der Waals surface area contributed by atoms with Gasteiger partial charge in [0.2, 0.25) is 11.8 Å². The summed E-state index contributed by atoms with van der Waals surface area (Å²) in [6.07, 6.45) is 4.24. The Labute approximate surface area is 164 Å². The smallest absolute Gasteiger partial charge is 0.255 e. The zero-order valence-corrected chi connectivity index (χ0v) is 15.9. The van der Waals surface area contributed by atoms with Crippen LogP contribution < -0.4 is 11.1 Å². The average molecular weight is 382 g/mol. The van der Waals surface area contributed by atoms with Crippen molar-refractivity contribution < 1.29 is 14.4 Å². The monoisotopic (exact) mass is 382 g/mol. The number of nitrogens with zero attached hydrogens (tertiary/aromatic N) is 2. The number of carbonyl (C=O) groups excluding carboxylic acids is 3. The Bertz CT molecular complexity index is 854. The molecule has 0 radical (unpaired) electrons. The quantitative estimate of drug-likeness (QED) is 0.753. The zero-order chi connectivity index (χ0) is 19.4. The Morgan fingerprint density at radius 1 is 1.14 bits per heavy atom. The Hall–Kier alpha value is -2.25. The van der Waals surface area contributed by atoms with E-state index in [0.29, 0.717) is 30.5 Å². The molecule has 2 bridgehead atoms. The first-order valence-corrected chi connectivity index (χ1v) is 10.3. The number of benzene rings is 1. The van der Waals surface area contributed by atoms with Gasteiger partial charge in [-0.1, -0.05) is 12.1 Å². The molecule has 28 heavy (non-hydrogen) atoms. The molecule has 3 amide bonds. The van der Waals surface area contributed by atoms with Crippen molar-refractivity contribution in [2.45, 2.75) is 63.3 Å². The number of hydrogen-bond donors (Lipinski definition) is 2. The van der Waals surface area contributed by atoms with Crippen LogP contribution in [0.4, 0.5) is 0 Å². The second kappa shape index (κ2) is 6.67. The molecule has 3 saturated heterocycles. The lowest BCUT2D eigenvalue weighted by Gasteiger charge is -2.49. The minimum atomic E-state index is -0.558. The minimum absolute atomic E-state index is 0.108. The summed E-state index contributed by atoms with van der Waals surface area (Å²) in [7, 11) is 0. The van der Waals surface area contributed by atoms with Crippen molar-refractivity contribution in [3.63, 3.8) is 0 Å². The van der Waals surface area contributed by atoms with Gasteiger partial charge in [-0.15, -0.1) is 0 Å². The largest absolute Gasteiger partial charge is 0.326 e. The number of rotatable bonds is 3. The van der Waals surface area contributed by atoms with Crippen LogP contribution in [-0.4, -0.2) is 52.2 Å². The van der Waals surface area contributed by atoms with Crippen LogP contribution in [0, 0.1) is 5.92 Å². The number of nitrogens with one attached hydrogen (secondary N) is 1. The molecule has 4 unspecified atom stereocenters. The lowest BCUT2D eigenvalue weighted by molar-refractivity contribution is -0.136. The Kier molecular flexibility index (Phi) is 4.25. The molecule has 1 aliphatic carbocycles. The average Bonchev–Trinajstić information content (AvgIpc) is 2.98. The van der Waals surface area contributed by atoms with Gasteiger partial charge >= 0.3 is 0 Å². The Balaban J connectivity index is 1.32. The summed E-state index contributed by atoms with van der Waals surface area (Å²) >= 11 is 0. The Morgan fingerprint density at radius 2 is 2.00 bits per heavy atom. The maximum Gasteiger partial charge on any atom is 0.255 e. The van der Waals surface area contributed by atoms with E-state index in [-0.39, 0.29) is 30.2 Å². The third kappa shape index (κ3) is 2.93. The molecule has 1 aromatic carbocycles. The van der Waals surface area contributed by atoms with Crippen LogP contribution in [0.15, 0.2) is 18.2 Å². The number of amides is 3. The van der Waals surface area contributed by atoms with E-state index < -0.39 is 6.04 Å². The molecule has 0 aromatic heterocycles. The van der Waals surface area contributed by atoms with Crippen molar-refractivity contribution in [3.05, 3.63) is 34.9 Å². The maximum atomic E-state index is 13.0. The van der Waals surface area contributed by atoms with Gasteiger partial charge in [0, 0.05) is 43.7 Å². The van der Waals surface area contributed by atoms with Crippen molar-refractivity contribution in [2.75, 3.05) is 6.54 Å². The number of nitrogens with two attached hydrogens (primary N) is 1. The van der Waals surface area contributed by atoms with Gasteiger partial charge < -0.3 is 10.6 Å². The second-order valence-corrected chi connectivity index (χ2v) is 8.73. The van der Waals surface area contributed by atoms with Gasteiger partial charge in [-0.3, -0.25) is 24.6 Å². The first kappa shape index (κ1) is 17.8. The van der Waals surface area contributed by atoms with Gasteiger partial charge in [-0.05, 0) is 48.8 Å². The number of carbonyl (C=O) groups is 3. The first-order chi connectivity index (χ1) is 13.5. The summed E-state index contributed by atoms with van der Waals surface area (Å²) in [5.41, 5.74) is 9.10. The highest BCUT2D eigenvalue weighted by molar-refractivity contribution is 6.05. The summed E-state index contributed by atoms with van der Waals surface area (Å²) in [5.74, 6) is -0.0417. The SMILES string of the molecule is NC1CC2CCC1N(Cc1ccc3c(c1)C(=O)N(C1CCC(=O)NC1=O)C3)C2.